The maximum atomic E-state index is 12.3. The molecule has 0 saturated carbocycles. The van der Waals surface area contributed by atoms with Crippen LogP contribution in [0.4, 0.5) is 11.4 Å². The van der Waals surface area contributed by atoms with E-state index in [1.807, 2.05) is 32.0 Å². The third-order valence-electron chi connectivity index (χ3n) is 2.97. The maximum Gasteiger partial charge on any atom is 0.255 e. The number of para-hydroxylation sites is 2. The molecule has 2 aromatic rings. The van der Waals surface area contributed by atoms with Gasteiger partial charge in [-0.25, -0.2) is 0 Å². The van der Waals surface area contributed by atoms with Gasteiger partial charge in [-0.15, -0.1) is 0 Å². The Kier molecular flexibility index (Phi) is 5.36. The first-order valence-electron chi connectivity index (χ1n) is 7.40. The molecule has 2 aromatic carbocycles. The first-order valence-corrected chi connectivity index (χ1v) is 7.40. The molecule has 0 saturated heterocycles. The number of carbonyl (C=O) groups excluding carboxylic acids is 2. The summed E-state index contributed by atoms with van der Waals surface area (Å²) in [7, 11) is 0. The number of nitrogens with one attached hydrogen (secondary N) is 2. The number of amides is 2. The number of carbonyl (C=O) groups is 2. The Bertz CT molecular complexity index is 694. The van der Waals surface area contributed by atoms with Crippen LogP contribution in [-0.2, 0) is 4.79 Å². The van der Waals surface area contributed by atoms with Gasteiger partial charge in [0.25, 0.3) is 5.91 Å². The number of anilines is 2. The van der Waals surface area contributed by atoms with Gasteiger partial charge in [-0.2, -0.15) is 0 Å². The summed E-state index contributed by atoms with van der Waals surface area (Å²) in [6, 6.07) is 14.0. The smallest absolute Gasteiger partial charge is 0.255 e. The third-order valence-corrected chi connectivity index (χ3v) is 2.97. The minimum atomic E-state index is -0.237. The van der Waals surface area contributed by atoms with E-state index in [4.69, 9.17) is 4.74 Å². The lowest BCUT2D eigenvalue weighted by Gasteiger charge is -2.14. The zero-order valence-electron chi connectivity index (χ0n) is 13.4. The fraction of sp³-hybridized carbons (Fsp3) is 0.222. The van der Waals surface area contributed by atoms with Crippen molar-refractivity contribution < 1.29 is 14.3 Å². The van der Waals surface area contributed by atoms with Crippen molar-refractivity contribution in [2.75, 3.05) is 10.6 Å². The van der Waals surface area contributed by atoms with Gasteiger partial charge in [-0.05, 0) is 50.2 Å². The number of hydrogen-bond acceptors (Lipinski definition) is 3. The van der Waals surface area contributed by atoms with Crippen LogP contribution in [0.5, 0.6) is 5.75 Å². The number of hydrogen-bond donors (Lipinski definition) is 2. The fourth-order valence-corrected chi connectivity index (χ4v) is 2.03. The standard InChI is InChI=1S/C18H20N2O3/c1-12(2)23-17-7-5-4-6-16(17)20-18(22)14-8-10-15(11-9-14)19-13(3)21/h4-12H,1-3H3,(H,19,21)(H,20,22). The lowest BCUT2D eigenvalue weighted by molar-refractivity contribution is -0.114. The summed E-state index contributed by atoms with van der Waals surface area (Å²) in [6.45, 7) is 5.30. The Labute approximate surface area is 135 Å². The highest BCUT2D eigenvalue weighted by molar-refractivity contribution is 6.05. The molecular formula is C18H20N2O3. The van der Waals surface area contributed by atoms with E-state index in [0.29, 0.717) is 22.7 Å². The Morgan fingerprint density at radius 1 is 0.957 bits per heavy atom. The second kappa shape index (κ2) is 7.45. The Balaban J connectivity index is 2.11. The Hall–Kier alpha value is -2.82. The molecule has 2 rings (SSSR count). The average Bonchev–Trinajstić information content (AvgIpc) is 2.49. The molecule has 0 aliphatic carbocycles. The van der Waals surface area contributed by atoms with E-state index in [2.05, 4.69) is 10.6 Å². The molecule has 23 heavy (non-hydrogen) atoms. The largest absolute Gasteiger partial charge is 0.489 e. The van der Waals surface area contributed by atoms with Gasteiger partial charge >= 0.3 is 0 Å². The van der Waals surface area contributed by atoms with Crippen molar-refractivity contribution in [1.29, 1.82) is 0 Å². The van der Waals surface area contributed by atoms with Crippen molar-refractivity contribution >= 4 is 23.2 Å². The van der Waals surface area contributed by atoms with E-state index in [-0.39, 0.29) is 17.9 Å². The molecule has 120 valence electrons. The molecule has 0 spiro atoms. The molecule has 0 heterocycles. The van der Waals surface area contributed by atoms with Gasteiger partial charge in [0.2, 0.25) is 5.91 Å². The molecule has 2 N–H and O–H groups in total. The zero-order chi connectivity index (χ0) is 16.8. The minimum absolute atomic E-state index is 0.0185. The summed E-state index contributed by atoms with van der Waals surface area (Å²) in [5, 5.41) is 5.50. The van der Waals surface area contributed by atoms with Crippen LogP contribution in [0.15, 0.2) is 48.5 Å². The Morgan fingerprint density at radius 3 is 2.22 bits per heavy atom. The van der Waals surface area contributed by atoms with Gasteiger partial charge in [-0.3, -0.25) is 9.59 Å². The van der Waals surface area contributed by atoms with Gasteiger partial charge in [0, 0.05) is 18.2 Å². The van der Waals surface area contributed by atoms with Gasteiger partial charge in [0.1, 0.15) is 5.75 Å². The van der Waals surface area contributed by atoms with Gasteiger partial charge in [-0.1, -0.05) is 12.1 Å². The van der Waals surface area contributed by atoms with Crippen LogP contribution in [0.3, 0.4) is 0 Å². The predicted octanol–water partition coefficient (Wildman–Crippen LogP) is 3.68. The second-order valence-corrected chi connectivity index (χ2v) is 5.38. The van der Waals surface area contributed by atoms with Crippen molar-refractivity contribution in [2.24, 2.45) is 0 Å². The minimum Gasteiger partial charge on any atom is -0.489 e. The molecule has 0 aromatic heterocycles. The van der Waals surface area contributed by atoms with Crippen LogP contribution in [0.1, 0.15) is 31.1 Å². The summed E-state index contributed by atoms with van der Waals surface area (Å²) in [4.78, 5) is 23.3. The van der Waals surface area contributed by atoms with Crippen molar-refractivity contribution in [3.63, 3.8) is 0 Å². The molecule has 5 heteroatoms. The lowest BCUT2D eigenvalue weighted by atomic mass is 10.2. The van der Waals surface area contributed by atoms with Crippen LogP contribution < -0.4 is 15.4 Å². The molecule has 0 fully saturated rings. The van der Waals surface area contributed by atoms with Crippen LogP contribution in [0, 0.1) is 0 Å². The molecule has 0 bridgehead atoms. The quantitative estimate of drug-likeness (QED) is 0.885. The van der Waals surface area contributed by atoms with Crippen LogP contribution >= 0.6 is 0 Å². The van der Waals surface area contributed by atoms with E-state index < -0.39 is 0 Å². The van der Waals surface area contributed by atoms with Crippen molar-refractivity contribution in [2.45, 2.75) is 26.9 Å². The first-order chi connectivity index (χ1) is 11.0. The normalized spacial score (nSPS) is 10.3. The van der Waals surface area contributed by atoms with E-state index in [1.165, 1.54) is 6.92 Å². The molecule has 0 atom stereocenters. The highest BCUT2D eigenvalue weighted by Gasteiger charge is 2.10. The van der Waals surface area contributed by atoms with E-state index >= 15 is 0 Å². The number of ether oxygens (including phenoxy) is 1. The zero-order valence-corrected chi connectivity index (χ0v) is 13.4. The van der Waals surface area contributed by atoms with E-state index in [0.717, 1.165) is 0 Å². The van der Waals surface area contributed by atoms with E-state index in [1.54, 1.807) is 30.3 Å². The molecule has 0 aliphatic heterocycles. The number of rotatable bonds is 5. The average molecular weight is 312 g/mol. The fourth-order valence-electron chi connectivity index (χ4n) is 2.03. The molecule has 0 radical (unpaired) electrons. The Morgan fingerprint density at radius 2 is 1.61 bits per heavy atom. The highest BCUT2D eigenvalue weighted by Crippen LogP contribution is 2.25. The SMILES string of the molecule is CC(=O)Nc1ccc(C(=O)Nc2ccccc2OC(C)C)cc1. The third kappa shape index (κ3) is 4.85. The summed E-state index contributed by atoms with van der Waals surface area (Å²) < 4.78 is 5.68. The molecule has 5 nitrogen and oxygen atoms in total. The lowest BCUT2D eigenvalue weighted by Crippen LogP contribution is -2.14. The van der Waals surface area contributed by atoms with Crippen molar-refractivity contribution in [3.05, 3.63) is 54.1 Å². The van der Waals surface area contributed by atoms with Crippen LogP contribution in [0.25, 0.3) is 0 Å². The first kappa shape index (κ1) is 16.5. The molecule has 0 aliphatic rings. The summed E-state index contributed by atoms with van der Waals surface area (Å²) >= 11 is 0. The molecule has 0 unspecified atom stereocenters. The second-order valence-electron chi connectivity index (χ2n) is 5.38. The topological polar surface area (TPSA) is 67.4 Å². The van der Waals surface area contributed by atoms with Gasteiger partial charge in [0.05, 0.1) is 11.8 Å². The van der Waals surface area contributed by atoms with Gasteiger partial charge in [0.15, 0.2) is 0 Å². The van der Waals surface area contributed by atoms with Gasteiger partial charge < -0.3 is 15.4 Å². The van der Waals surface area contributed by atoms with Crippen LogP contribution in [0.2, 0.25) is 0 Å². The summed E-state index contributed by atoms with van der Waals surface area (Å²) in [5.74, 6) is 0.242. The van der Waals surface area contributed by atoms with Crippen LogP contribution in [-0.4, -0.2) is 17.9 Å². The summed E-state index contributed by atoms with van der Waals surface area (Å²) in [6.07, 6.45) is 0.0185. The maximum absolute atomic E-state index is 12.3. The predicted molar refractivity (Wildman–Crippen MR) is 90.9 cm³/mol. The van der Waals surface area contributed by atoms with Crippen molar-refractivity contribution in [1.82, 2.24) is 0 Å². The monoisotopic (exact) mass is 312 g/mol. The number of benzene rings is 2. The van der Waals surface area contributed by atoms with E-state index in [9.17, 15) is 9.59 Å². The molecular weight excluding hydrogens is 292 g/mol. The summed E-state index contributed by atoms with van der Waals surface area (Å²) in [5.41, 5.74) is 1.77. The van der Waals surface area contributed by atoms with Crippen molar-refractivity contribution in [3.8, 4) is 5.75 Å². The highest BCUT2D eigenvalue weighted by atomic mass is 16.5. The molecule has 2 amide bonds.